The first-order valence-corrected chi connectivity index (χ1v) is 11.6. The summed E-state index contributed by atoms with van der Waals surface area (Å²) in [7, 11) is 0. The molecule has 1 aliphatic rings. The van der Waals surface area contributed by atoms with Gasteiger partial charge in [-0.05, 0) is 30.2 Å². The van der Waals surface area contributed by atoms with Crippen molar-refractivity contribution >= 4 is 17.5 Å². The summed E-state index contributed by atoms with van der Waals surface area (Å²) in [5, 5.41) is 19.9. The lowest BCUT2D eigenvalue weighted by molar-refractivity contribution is -0.114. The number of amides is 2. The lowest BCUT2D eigenvalue weighted by Gasteiger charge is -2.28. The molecular formula is C26H31N5O3. The van der Waals surface area contributed by atoms with Crippen LogP contribution in [0.5, 0.6) is 0 Å². The number of aliphatic hydroxyl groups is 1. The highest BCUT2D eigenvalue weighted by molar-refractivity contribution is 5.94. The standard InChI is InChI=1S/C26H31N5O3/c1-18(21-6-4-3-5-7-21)27-26(34)25-23-17-30(13-12-24(23)31(29-25)14-15-32)16-20-8-10-22(11-9-20)28-19(2)33/h3-11,18,32H,12-17H2,1-2H3,(H,27,34)(H,28,33)/t18-/m0/s1. The third-order valence-electron chi connectivity index (χ3n) is 6.07. The van der Waals surface area contributed by atoms with Crippen LogP contribution in [0.2, 0.25) is 0 Å². The van der Waals surface area contributed by atoms with E-state index in [-0.39, 0.29) is 24.5 Å². The lowest BCUT2D eigenvalue weighted by atomic mass is 10.0. The van der Waals surface area contributed by atoms with Crippen LogP contribution in [0.15, 0.2) is 54.6 Å². The molecule has 4 rings (SSSR count). The fourth-order valence-electron chi connectivity index (χ4n) is 4.39. The fourth-order valence-corrected chi connectivity index (χ4v) is 4.39. The maximum atomic E-state index is 13.2. The SMILES string of the molecule is CC(=O)Nc1ccc(CN2CCc3c(c(C(=O)N[C@@H](C)c4ccccc4)nn3CCO)C2)cc1. The molecule has 1 aliphatic heterocycles. The van der Waals surface area contributed by atoms with Gasteiger partial charge in [-0.25, -0.2) is 0 Å². The van der Waals surface area contributed by atoms with Crippen LogP contribution < -0.4 is 10.6 Å². The van der Waals surface area contributed by atoms with Gasteiger partial charge in [-0.15, -0.1) is 0 Å². The molecule has 2 heterocycles. The van der Waals surface area contributed by atoms with E-state index in [1.807, 2.05) is 61.5 Å². The maximum Gasteiger partial charge on any atom is 0.272 e. The molecule has 3 aromatic rings. The summed E-state index contributed by atoms with van der Waals surface area (Å²) in [6.45, 7) is 5.96. The Morgan fingerprint density at radius 2 is 1.85 bits per heavy atom. The van der Waals surface area contributed by atoms with Crippen molar-refractivity contribution in [2.24, 2.45) is 0 Å². The Labute approximate surface area is 199 Å². The summed E-state index contributed by atoms with van der Waals surface area (Å²) in [5.74, 6) is -0.297. The number of nitrogens with zero attached hydrogens (tertiary/aromatic N) is 3. The summed E-state index contributed by atoms with van der Waals surface area (Å²) in [6, 6.07) is 17.5. The summed E-state index contributed by atoms with van der Waals surface area (Å²) in [4.78, 5) is 26.7. The van der Waals surface area contributed by atoms with E-state index in [1.165, 1.54) is 6.92 Å². The first-order valence-electron chi connectivity index (χ1n) is 11.6. The number of hydrogen-bond donors (Lipinski definition) is 3. The zero-order chi connectivity index (χ0) is 24.1. The van der Waals surface area contributed by atoms with Crippen LogP contribution in [0.25, 0.3) is 0 Å². The molecule has 1 atom stereocenters. The van der Waals surface area contributed by atoms with Crippen LogP contribution >= 0.6 is 0 Å². The second-order valence-electron chi connectivity index (χ2n) is 8.67. The van der Waals surface area contributed by atoms with E-state index in [4.69, 9.17) is 0 Å². The Morgan fingerprint density at radius 1 is 1.12 bits per heavy atom. The molecule has 0 radical (unpaired) electrons. The first-order chi connectivity index (χ1) is 16.4. The van der Waals surface area contributed by atoms with E-state index in [2.05, 4.69) is 20.6 Å². The smallest absolute Gasteiger partial charge is 0.272 e. The number of benzene rings is 2. The van der Waals surface area contributed by atoms with Crippen molar-refractivity contribution in [3.05, 3.63) is 82.7 Å². The van der Waals surface area contributed by atoms with Crippen molar-refractivity contribution < 1.29 is 14.7 Å². The minimum absolute atomic E-state index is 0.0278. The molecule has 8 heteroatoms. The van der Waals surface area contributed by atoms with Crippen molar-refractivity contribution in [1.82, 2.24) is 20.0 Å². The van der Waals surface area contributed by atoms with E-state index in [0.717, 1.165) is 47.6 Å². The Morgan fingerprint density at radius 3 is 2.53 bits per heavy atom. The van der Waals surface area contributed by atoms with Gasteiger partial charge in [-0.2, -0.15) is 5.10 Å². The molecule has 2 amide bonds. The van der Waals surface area contributed by atoms with Crippen molar-refractivity contribution in [3.8, 4) is 0 Å². The fraction of sp³-hybridized carbons (Fsp3) is 0.346. The highest BCUT2D eigenvalue weighted by Crippen LogP contribution is 2.25. The molecule has 178 valence electrons. The third-order valence-corrected chi connectivity index (χ3v) is 6.07. The van der Waals surface area contributed by atoms with Crippen LogP contribution in [0.1, 0.15) is 52.8 Å². The number of aromatic nitrogens is 2. The normalized spacial score (nSPS) is 14.3. The minimum Gasteiger partial charge on any atom is -0.394 e. The average Bonchev–Trinajstić information content (AvgIpc) is 3.18. The number of fused-ring (bicyclic) bond motifs is 1. The Hall–Kier alpha value is -3.49. The van der Waals surface area contributed by atoms with Crippen LogP contribution in [0.3, 0.4) is 0 Å². The quantitative estimate of drug-likeness (QED) is 0.479. The number of hydrogen-bond acceptors (Lipinski definition) is 5. The lowest BCUT2D eigenvalue weighted by Crippen LogP contribution is -2.33. The molecule has 0 bridgehead atoms. The van der Waals surface area contributed by atoms with Gasteiger partial charge in [-0.3, -0.25) is 19.2 Å². The molecule has 0 unspecified atom stereocenters. The summed E-state index contributed by atoms with van der Waals surface area (Å²) < 4.78 is 1.77. The minimum atomic E-state index is -0.203. The van der Waals surface area contributed by atoms with E-state index < -0.39 is 0 Å². The van der Waals surface area contributed by atoms with E-state index in [9.17, 15) is 14.7 Å². The molecule has 34 heavy (non-hydrogen) atoms. The Bertz CT molecular complexity index is 1140. The van der Waals surface area contributed by atoms with Gasteiger partial charge in [0.2, 0.25) is 5.91 Å². The number of nitrogens with one attached hydrogen (secondary N) is 2. The van der Waals surface area contributed by atoms with Crippen LogP contribution in [0, 0.1) is 0 Å². The molecule has 0 spiro atoms. The van der Waals surface area contributed by atoms with Crippen molar-refractivity contribution in [3.63, 3.8) is 0 Å². The molecule has 1 aromatic heterocycles. The summed E-state index contributed by atoms with van der Waals surface area (Å²) in [5.41, 5.74) is 5.30. The molecule has 0 saturated heterocycles. The van der Waals surface area contributed by atoms with E-state index in [1.54, 1.807) is 4.68 Å². The predicted octanol–water partition coefficient (Wildman–Crippen LogP) is 2.88. The number of aliphatic hydroxyl groups excluding tert-OH is 1. The van der Waals surface area contributed by atoms with Gasteiger partial charge in [0, 0.05) is 49.9 Å². The van der Waals surface area contributed by atoms with Gasteiger partial charge in [-0.1, -0.05) is 42.5 Å². The van der Waals surface area contributed by atoms with Gasteiger partial charge in [0.1, 0.15) is 0 Å². The second-order valence-corrected chi connectivity index (χ2v) is 8.67. The topological polar surface area (TPSA) is 99.5 Å². The van der Waals surface area contributed by atoms with Crippen molar-refractivity contribution in [2.45, 2.75) is 45.9 Å². The van der Waals surface area contributed by atoms with Gasteiger partial charge in [0.15, 0.2) is 5.69 Å². The highest BCUT2D eigenvalue weighted by Gasteiger charge is 2.28. The summed E-state index contributed by atoms with van der Waals surface area (Å²) in [6.07, 6.45) is 0.758. The van der Waals surface area contributed by atoms with Gasteiger partial charge in [0.05, 0.1) is 19.2 Å². The molecular weight excluding hydrogens is 430 g/mol. The monoisotopic (exact) mass is 461 g/mol. The molecule has 0 fully saturated rings. The van der Waals surface area contributed by atoms with Gasteiger partial charge in [0.25, 0.3) is 5.91 Å². The number of carbonyl (C=O) groups is 2. The molecule has 3 N–H and O–H groups in total. The molecule has 0 saturated carbocycles. The first kappa shape index (κ1) is 23.7. The number of carbonyl (C=O) groups excluding carboxylic acids is 2. The van der Waals surface area contributed by atoms with E-state index in [0.29, 0.717) is 18.8 Å². The van der Waals surface area contributed by atoms with Crippen LogP contribution in [-0.4, -0.2) is 44.8 Å². The number of rotatable bonds is 8. The zero-order valence-corrected chi connectivity index (χ0v) is 19.6. The predicted molar refractivity (Wildman–Crippen MR) is 130 cm³/mol. The van der Waals surface area contributed by atoms with Gasteiger partial charge >= 0.3 is 0 Å². The van der Waals surface area contributed by atoms with E-state index >= 15 is 0 Å². The van der Waals surface area contributed by atoms with Crippen LogP contribution in [0.4, 0.5) is 5.69 Å². The number of anilines is 1. The third kappa shape index (κ3) is 5.52. The van der Waals surface area contributed by atoms with Crippen molar-refractivity contribution in [2.75, 3.05) is 18.5 Å². The molecule has 0 aliphatic carbocycles. The zero-order valence-electron chi connectivity index (χ0n) is 19.6. The highest BCUT2D eigenvalue weighted by atomic mass is 16.3. The molecule has 2 aromatic carbocycles. The molecule has 8 nitrogen and oxygen atoms in total. The average molecular weight is 462 g/mol. The van der Waals surface area contributed by atoms with Gasteiger partial charge < -0.3 is 15.7 Å². The summed E-state index contributed by atoms with van der Waals surface area (Å²) >= 11 is 0. The van der Waals surface area contributed by atoms with Crippen LogP contribution in [-0.2, 0) is 30.8 Å². The Balaban J connectivity index is 1.50. The largest absolute Gasteiger partial charge is 0.394 e. The maximum absolute atomic E-state index is 13.2. The Kier molecular flexibility index (Phi) is 7.40. The van der Waals surface area contributed by atoms with Crippen molar-refractivity contribution in [1.29, 1.82) is 0 Å². The second kappa shape index (κ2) is 10.6.